The van der Waals surface area contributed by atoms with E-state index in [0.29, 0.717) is 23.1 Å². The molecular formula is C19H25N3O4. The van der Waals surface area contributed by atoms with Crippen molar-refractivity contribution in [2.24, 2.45) is 5.92 Å². The average molecular weight is 359 g/mol. The molecule has 0 saturated carbocycles. The summed E-state index contributed by atoms with van der Waals surface area (Å²) in [5, 5.41) is 7.24. The monoisotopic (exact) mass is 359 g/mol. The first-order valence-corrected chi connectivity index (χ1v) is 8.79. The maximum Gasteiger partial charge on any atom is 0.228 e. The Hall–Kier alpha value is -2.54. The SMILES string of the molecule is COc1ccc(CC(=O)Nc2cnn(CC3CCOCC3)c2)cc1OC. The molecule has 1 aliphatic heterocycles. The van der Waals surface area contributed by atoms with E-state index in [0.717, 1.165) is 38.2 Å². The summed E-state index contributed by atoms with van der Waals surface area (Å²) in [4.78, 5) is 12.3. The number of benzene rings is 1. The van der Waals surface area contributed by atoms with E-state index in [9.17, 15) is 4.79 Å². The highest BCUT2D eigenvalue weighted by Gasteiger charge is 2.15. The van der Waals surface area contributed by atoms with Gasteiger partial charge in [-0.2, -0.15) is 5.10 Å². The fourth-order valence-corrected chi connectivity index (χ4v) is 3.10. The van der Waals surface area contributed by atoms with Crippen LogP contribution in [0, 0.1) is 5.92 Å². The molecule has 2 aromatic rings. The van der Waals surface area contributed by atoms with Crippen LogP contribution >= 0.6 is 0 Å². The molecule has 1 amide bonds. The summed E-state index contributed by atoms with van der Waals surface area (Å²) in [6.07, 6.45) is 5.93. The van der Waals surface area contributed by atoms with Gasteiger partial charge in [0.1, 0.15) is 0 Å². The Bertz CT molecular complexity index is 738. The smallest absolute Gasteiger partial charge is 0.228 e. The van der Waals surface area contributed by atoms with Crippen LogP contribution in [-0.4, -0.2) is 43.1 Å². The number of hydrogen-bond acceptors (Lipinski definition) is 5. The second-order valence-corrected chi connectivity index (χ2v) is 6.42. The maximum atomic E-state index is 12.3. The summed E-state index contributed by atoms with van der Waals surface area (Å²) in [5.41, 5.74) is 1.57. The molecule has 1 saturated heterocycles. The lowest BCUT2D eigenvalue weighted by atomic mass is 10.0. The first-order chi connectivity index (χ1) is 12.7. The number of rotatable bonds is 7. The molecule has 3 rings (SSSR count). The van der Waals surface area contributed by atoms with Crippen molar-refractivity contribution in [1.82, 2.24) is 9.78 Å². The molecule has 1 aromatic carbocycles. The molecule has 0 bridgehead atoms. The lowest BCUT2D eigenvalue weighted by Gasteiger charge is -2.21. The predicted molar refractivity (Wildman–Crippen MR) is 97.6 cm³/mol. The molecule has 1 N–H and O–H groups in total. The van der Waals surface area contributed by atoms with Crippen LogP contribution < -0.4 is 14.8 Å². The molecule has 7 heteroatoms. The quantitative estimate of drug-likeness (QED) is 0.822. The Morgan fingerprint density at radius 3 is 2.77 bits per heavy atom. The van der Waals surface area contributed by atoms with Crippen molar-refractivity contribution in [2.75, 3.05) is 32.8 Å². The van der Waals surface area contributed by atoms with Crippen LogP contribution in [0.25, 0.3) is 0 Å². The van der Waals surface area contributed by atoms with Crippen LogP contribution in [0.1, 0.15) is 18.4 Å². The van der Waals surface area contributed by atoms with E-state index in [-0.39, 0.29) is 12.3 Å². The van der Waals surface area contributed by atoms with E-state index >= 15 is 0 Å². The van der Waals surface area contributed by atoms with Crippen LogP contribution in [0.2, 0.25) is 0 Å². The third-order valence-corrected chi connectivity index (χ3v) is 4.52. The Morgan fingerprint density at radius 2 is 2.04 bits per heavy atom. The van der Waals surface area contributed by atoms with Crippen LogP contribution in [0.3, 0.4) is 0 Å². The van der Waals surface area contributed by atoms with Gasteiger partial charge in [-0.05, 0) is 36.5 Å². The van der Waals surface area contributed by atoms with E-state index in [2.05, 4.69) is 10.4 Å². The van der Waals surface area contributed by atoms with Gasteiger partial charge in [-0.3, -0.25) is 9.48 Å². The number of aromatic nitrogens is 2. The highest BCUT2D eigenvalue weighted by molar-refractivity contribution is 5.92. The van der Waals surface area contributed by atoms with Gasteiger partial charge in [0.2, 0.25) is 5.91 Å². The maximum absolute atomic E-state index is 12.3. The third-order valence-electron chi connectivity index (χ3n) is 4.52. The molecule has 140 valence electrons. The Morgan fingerprint density at radius 1 is 1.27 bits per heavy atom. The zero-order valence-corrected chi connectivity index (χ0v) is 15.2. The number of carbonyl (C=O) groups is 1. The minimum Gasteiger partial charge on any atom is -0.493 e. The molecule has 0 spiro atoms. The molecule has 0 unspecified atom stereocenters. The number of nitrogens with zero attached hydrogens (tertiary/aromatic N) is 2. The second kappa shape index (κ2) is 8.71. The normalized spacial score (nSPS) is 14.8. The topological polar surface area (TPSA) is 74.6 Å². The first kappa shape index (κ1) is 18.3. The van der Waals surface area contributed by atoms with E-state index in [1.54, 1.807) is 26.5 Å². The van der Waals surface area contributed by atoms with Gasteiger partial charge in [0.15, 0.2) is 11.5 Å². The largest absolute Gasteiger partial charge is 0.493 e. The summed E-state index contributed by atoms with van der Waals surface area (Å²) in [7, 11) is 3.16. The highest BCUT2D eigenvalue weighted by atomic mass is 16.5. The van der Waals surface area contributed by atoms with Crippen molar-refractivity contribution in [3.8, 4) is 11.5 Å². The van der Waals surface area contributed by atoms with Crippen molar-refractivity contribution in [2.45, 2.75) is 25.8 Å². The Kier molecular flexibility index (Phi) is 6.12. The van der Waals surface area contributed by atoms with E-state index < -0.39 is 0 Å². The van der Waals surface area contributed by atoms with Crippen molar-refractivity contribution in [3.05, 3.63) is 36.2 Å². The van der Waals surface area contributed by atoms with Gasteiger partial charge in [0.25, 0.3) is 0 Å². The van der Waals surface area contributed by atoms with Gasteiger partial charge < -0.3 is 19.5 Å². The molecule has 1 fully saturated rings. The predicted octanol–water partition coefficient (Wildman–Crippen LogP) is 2.51. The second-order valence-electron chi connectivity index (χ2n) is 6.42. The van der Waals surface area contributed by atoms with Gasteiger partial charge >= 0.3 is 0 Å². The Balaban J connectivity index is 1.55. The third kappa shape index (κ3) is 4.76. The standard InChI is InChI=1S/C19H25N3O4/c1-24-17-4-3-15(9-18(17)25-2)10-19(23)21-16-11-20-22(13-16)12-14-5-7-26-8-6-14/h3-4,9,11,13-14H,5-8,10,12H2,1-2H3,(H,21,23). The van der Waals surface area contributed by atoms with Crippen LogP contribution in [0.5, 0.6) is 11.5 Å². The van der Waals surface area contributed by atoms with E-state index in [1.165, 1.54) is 0 Å². The van der Waals surface area contributed by atoms with E-state index in [1.807, 2.05) is 23.0 Å². The molecule has 26 heavy (non-hydrogen) atoms. The van der Waals surface area contributed by atoms with Crippen molar-refractivity contribution in [3.63, 3.8) is 0 Å². The number of methoxy groups -OCH3 is 2. The summed E-state index contributed by atoms with van der Waals surface area (Å²) < 4.78 is 17.8. The van der Waals surface area contributed by atoms with Gasteiger partial charge in [-0.15, -0.1) is 0 Å². The number of anilines is 1. The number of carbonyl (C=O) groups excluding carboxylic acids is 1. The van der Waals surface area contributed by atoms with Crippen LogP contribution in [-0.2, 0) is 22.5 Å². The summed E-state index contributed by atoms with van der Waals surface area (Å²) in [6, 6.07) is 5.47. The highest BCUT2D eigenvalue weighted by Crippen LogP contribution is 2.27. The molecule has 1 aromatic heterocycles. The lowest BCUT2D eigenvalue weighted by Crippen LogP contribution is -2.20. The molecule has 0 radical (unpaired) electrons. The van der Waals surface area contributed by atoms with Gasteiger partial charge in [0.05, 0.1) is 32.5 Å². The van der Waals surface area contributed by atoms with E-state index in [4.69, 9.17) is 14.2 Å². The van der Waals surface area contributed by atoms with Gasteiger partial charge in [-0.25, -0.2) is 0 Å². The van der Waals surface area contributed by atoms with Gasteiger partial charge in [0, 0.05) is 26.0 Å². The summed E-state index contributed by atoms with van der Waals surface area (Å²) in [6.45, 7) is 2.50. The molecule has 2 heterocycles. The van der Waals surface area contributed by atoms with Crippen molar-refractivity contribution >= 4 is 11.6 Å². The average Bonchev–Trinajstić information content (AvgIpc) is 3.09. The molecular weight excluding hydrogens is 334 g/mol. The van der Waals surface area contributed by atoms with Crippen molar-refractivity contribution in [1.29, 1.82) is 0 Å². The fraction of sp³-hybridized carbons (Fsp3) is 0.474. The summed E-state index contributed by atoms with van der Waals surface area (Å²) in [5.74, 6) is 1.75. The summed E-state index contributed by atoms with van der Waals surface area (Å²) >= 11 is 0. The molecule has 0 atom stereocenters. The fourth-order valence-electron chi connectivity index (χ4n) is 3.10. The number of ether oxygens (including phenoxy) is 3. The minimum absolute atomic E-state index is 0.0946. The first-order valence-electron chi connectivity index (χ1n) is 8.79. The zero-order chi connectivity index (χ0) is 18.4. The van der Waals surface area contributed by atoms with Gasteiger partial charge in [-0.1, -0.05) is 6.07 Å². The lowest BCUT2D eigenvalue weighted by molar-refractivity contribution is -0.115. The van der Waals surface area contributed by atoms with Crippen LogP contribution in [0.4, 0.5) is 5.69 Å². The Labute approximate surface area is 153 Å². The number of amides is 1. The zero-order valence-electron chi connectivity index (χ0n) is 15.2. The minimum atomic E-state index is -0.0946. The molecule has 0 aliphatic carbocycles. The molecule has 7 nitrogen and oxygen atoms in total. The molecule has 1 aliphatic rings. The number of nitrogens with one attached hydrogen (secondary N) is 1. The number of hydrogen-bond donors (Lipinski definition) is 1. The van der Waals surface area contributed by atoms with Crippen molar-refractivity contribution < 1.29 is 19.0 Å². The van der Waals surface area contributed by atoms with Crippen LogP contribution in [0.15, 0.2) is 30.6 Å².